The van der Waals surface area contributed by atoms with Gasteiger partial charge in [-0.05, 0) is 13.0 Å². The highest BCUT2D eigenvalue weighted by Crippen LogP contribution is 2.37. The number of aryl methyl sites for hydroxylation is 2. The molecule has 2 atom stereocenters. The van der Waals surface area contributed by atoms with Gasteiger partial charge in [-0.3, -0.25) is 4.68 Å². The second-order valence-electron chi connectivity index (χ2n) is 5.20. The molecule has 1 aromatic carbocycles. The van der Waals surface area contributed by atoms with Gasteiger partial charge in [0.2, 0.25) is 0 Å². The number of para-hydroxylation sites is 1. The fraction of sp³-hybridized carbons (Fsp3) is 0.400. The summed E-state index contributed by atoms with van der Waals surface area (Å²) in [5, 5.41) is 15.4. The van der Waals surface area contributed by atoms with Crippen molar-refractivity contribution in [3.8, 4) is 5.75 Å². The molecule has 0 spiro atoms. The van der Waals surface area contributed by atoms with E-state index in [1.54, 1.807) is 4.68 Å². The van der Waals surface area contributed by atoms with Gasteiger partial charge in [0.05, 0.1) is 29.1 Å². The summed E-state index contributed by atoms with van der Waals surface area (Å²) in [5.74, 6) is 0.848. The summed E-state index contributed by atoms with van der Waals surface area (Å²) in [6, 6.07) is 7.85. The van der Waals surface area contributed by atoms with E-state index in [1.807, 2.05) is 38.2 Å². The monoisotopic (exact) mass is 292 g/mol. The van der Waals surface area contributed by atoms with Crippen LogP contribution < -0.4 is 4.74 Å². The van der Waals surface area contributed by atoms with E-state index in [4.69, 9.17) is 16.3 Å². The lowest BCUT2D eigenvalue weighted by molar-refractivity contribution is 0.127. The number of aromatic nitrogens is 2. The summed E-state index contributed by atoms with van der Waals surface area (Å²) < 4.78 is 7.36. The average Bonchev–Trinajstić information content (AvgIpc) is 2.96. The van der Waals surface area contributed by atoms with Crippen molar-refractivity contribution in [2.75, 3.05) is 6.61 Å². The van der Waals surface area contributed by atoms with E-state index in [0.29, 0.717) is 18.1 Å². The molecule has 1 aliphatic heterocycles. The van der Waals surface area contributed by atoms with Crippen molar-refractivity contribution >= 4 is 11.6 Å². The summed E-state index contributed by atoms with van der Waals surface area (Å²) in [6.45, 7) is 2.38. The van der Waals surface area contributed by atoms with Crippen LogP contribution in [0.25, 0.3) is 0 Å². The molecule has 0 amide bonds. The van der Waals surface area contributed by atoms with Crippen LogP contribution in [0.3, 0.4) is 0 Å². The van der Waals surface area contributed by atoms with Crippen molar-refractivity contribution in [1.82, 2.24) is 9.78 Å². The van der Waals surface area contributed by atoms with Crippen LogP contribution in [0.15, 0.2) is 24.3 Å². The number of halogens is 1. The number of hydrogen-bond acceptors (Lipinski definition) is 3. The molecule has 2 aromatic rings. The van der Waals surface area contributed by atoms with Crippen LogP contribution in [0, 0.1) is 6.92 Å². The van der Waals surface area contributed by atoms with Crippen LogP contribution in [0.4, 0.5) is 0 Å². The van der Waals surface area contributed by atoms with Crippen LogP contribution in [-0.2, 0) is 13.5 Å². The molecule has 2 heterocycles. The first-order valence-electron chi connectivity index (χ1n) is 6.65. The normalized spacial score (nSPS) is 18.7. The Morgan fingerprint density at radius 3 is 2.95 bits per heavy atom. The highest BCUT2D eigenvalue weighted by molar-refractivity contribution is 6.31. The predicted octanol–water partition coefficient (Wildman–Crippen LogP) is 2.46. The Morgan fingerprint density at radius 1 is 1.50 bits per heavy atom. The lowest BCUT2D eigenvalue weighted by Crippen LogP contribution is -2.23. The summed E-state index contributed by atoms with van der Waals surface area (Å²) in [7, 11) is 1.85. The Morgan fingerprint density at radius 2 is 2.25 bits per heavy atom. The maximum atomic E-state index is 10.5. The maximum absolute atomic E-state index is 10.5. The van der Waals surface area contributed by atoms with Crippen molar-refractivity contribution in [3.63, 3.8) is 0 Å². The zero-order chi connectivity index (χ0) is 14.3. The van der Waals surface area contributed by atoms with Crippen LogP contribution in [0.5, 0.6) is 5.75 Å². The molecule has 5 heteroatoms. The summed E-state index contributed by atoms with van der Waals surface area (Å²) in [5.41, 5.74) is 2.72. The van der Waals surface area contributed by atoms with Crippen molar-refractivity contribution in [3.05, 3.63) is 46.2 Å². The van der Waals surface area contributed by atoms with Crippen LogP contribution in [0.1, 0.15) is 22.9 Å². The van der Waals surface area contributed by atoms with Gasteiger partial charge in [0, 0.05) is 24.9 Å². The van der Waals surface area contributed by atoms with Gasteiger partial charge in [0.25, 0.3) is 0 Å². The third-order valence-electron chi connectivity index (χ3n) is 3.87. The molecule has 0 aliphatic carbocycles. The molecule has 1 aromatic heterocycles. The first-order chi connectivity index (χ1) is 9.58. The van der Waals surface area contributed by atoms with E-state index in [9.17, 15) is 5.11 Å². The van der Waals surface area contributed by atoms with E-state index in [0.717, 1.165) is 22.7 Å². The molecule has 0 radical (unpaired) electrons. The molecule has 3 rings (SSSR count). The topological polar surface area (TPSA) is 47.3 Å². The number of aliphatic hydroxyl groups is 1. The van der Waals surface area contributed by atoms with Gasteiger partial charge in [0.15, 0.2) is 0 Å². The van der Waals surface area contributed by atoms with E-state index in [-0.39, 0.29) is 5.92 Å². The number of aliphatic hydroxyl groups excluding tert-OH is 1. The molecule has 4 nitrogen and oxygen atoms in total. The number of rotatable bonds is 3. The van der Waals surface area contributed by atoms with Crippen molar-refractivity contribution in [2.45, 2.75) is 25.4 Å². The maximum Gasteiger partial charge on any atom is 0.123 e. The van der Waals surface area contributed by atoms with Gasteiger partial charge >= 0.3 is 0 Å². The van der Waals surface area contributed by atoms with E-state index < -0.39 is 6.10 Å². The standard InChI is InChI=1S/C15H17ClN2O2/c1-9-15(16)12(18(2)17-9)7-13(19)11-8-20-14-6-4-3-5-10(11)14/h3-6,11,13,19H,7-8H2,1-2H3. The minimum Gasteiger partial charge on any atom is -0.493 e. The first-order valence-corrected chi connectivity index (χ1v) is 7.03. The Balaban J connectivity index is 1.83. The first kappa shape index (κ1) is 13.5. The highest BCUT2D eigenvalue weighted by atomic mass is 35.5. The quantitative estimate of drug-likeness (QED) is 0.945. The highest BCUT2D eigenvalue weighted by Gasteiger charge is 2.31. The van der Waals surface area contributed by atoms with Crippen molar-refractivity contribution in [1.29, 1.82) is 0 Å². The number of ether oxygens (including phenoxy) is 1. The zero-order valence-corrected chi connectivity index (χ0v) is 12.3. The fourth-order valence-electron chi connectivity index (χ4n) is 2.75. The largest absolute Gasteiger partial charge is 0.493 e. The zero-order valence-electron chi connectivity index (χ0n) is 11.5. The molecule has 0 saturated heterocycles. The summed E-state index contributed by atoms with van der Waals surface area (Å²) >= 11 is 6.24. The molecule has 2 unspecified atom stereocenters. The number of nitrogens with zero attached hydrogens (tertiary/aromatic N) is 2. The number of fused-ring (bicyclic) bond motifs is 1. The van der Waals surface area contributed by atoms with E-state index >= 15 is 0 Å². The fourth-order valence-corrected chi connectivity index (χ4v) is 2.99. The second-order valence-corrected chi connectivity index (χ2v) is 5.57. The van der Waals surface area contributed by atoms with Gasteiger partial charge in [-0.15, -0.1) is 0 Å². The molecule has 1 aliphatic rings. The molecule has 0 saturated carbocycles. The van der Waals surface area contributed by atoms with Gasteiger partial charge < -0.3 is 9.84 Å². The molecular formula is C15H17ClN2O2. The SMILES string of the molecule is Cc1nn(C)c(CC(O)C2COc3ccccc32)c1Cl. The van der Waals surface area contributed by atoms with Crippen molar-refractivity contribution < 1.29 is 9.84 Å². The van der Waals surface area contributed by atoms with Crippen molar-refractivity contribution in [2.24, 2.45) is 7.05 Å². The Kier molecular flexibility index (Phi) is 3.44. The van der Waals surface area contributed by atoms with Crippen LogP contribution in [0.2, 0.25) is 5.02 Å². The lowest BCUT2D eigenvalue weighted by Gasteiger charge is -2.17. The Labute approximate surface area is 122 Å². The minimum atomic E-state index is -0.536. The molecule has 106 valence electrons. The lowest BCUT2D eigenvalue weighted by atomic mass is 9.92. The van der Waals surface area contributed by atoms with Gasteiger partial charge in [0.1, 0.15) is 5.75 Å². The average molecular weight is 293 g/mol. The predicted molar refractivity (Wildman–Crippen MR) is 77.3 cm³/mol. The third kappa shape index (κ3) is 2.19. The molecule has 1 N–H and O–H groups in total. The Hall–Kier alpha value is -1.52. The number of benzene rings is 1. The second kappa shape index (κ2) is 5.11. The van der Waals surface area contributed by atoms with Crippen LogP contribution in [-0.4, -0.2) is 27.6 Å². The van der Waals surface area contributed by atoms with Gasteiger partial charge in [-0.25, -0.2) is 0 Å². The summed E-state index contributed by atoms with van der Waals surface area (Å²) in [6.07, 6.45) is -0.0654. The molecule has 0 fully saturated rings. The number of hydrogen-bond donors (Lipinski definition) is 1. The molecular weight excluding hydrogens is 276 g/mol. The van der Waals surface area contributed by atoms with Gasteiger partial charge in [-0.1, -0.05) is 29.8 Å². The minimum absolute atomic E-state index is 0.0162. The van der Waals surface area contributed by atoms with E-state index in [1.165, 1.54) is 0 Å². The smallest absolute Gasteiger partial charge is 0.123 e. The van der Waals surface area contributed by atoms with Gasteiger partial charge in [-0.2, -0.15) is 5.10 Å². The molecule has 20 heavy (non-hydrogen) atoms. The van der Waals surface area contributed by atoms with Crippen LogP contribution >= 0.6 is 11.6 Å². The Bertz CT molecular complexity index is 639. The molecule has 0 bridgehead atoms. The summed E-state index contributed by atoms with van der Waals surface area (Å²) in [4.78, 5) is 0. The third-order valence-corrected chi connectivity index (χ3v) is 4.36. The van der Waals surface area contributed by atoms with E-state index in [2.05, 4.69) is 5.10 Å².